The third-order valence-electron chi connectivity index (χ3n) is 6.02. The van der Waals surface area contributed by atoms with Gasteiger partial charge in [-0.25, -0.2) is 0 Å². The summed E-state index contributed by atoms with van der Waals surface area (Å²) >= 11 is 0. The van der Waals surface area contributed by atoms with Crippen LogP contribution in [0.2, 0.25) is 0 Å². The summed E-state index contributed by atoms with van der Waals surface area (Å²) in [7, 11) is 0. The van der Waals surface area contributed by atoms with Crippen LogP contribution in [0.25, 0.3) is 0 Å². The van der Waals surface area contributed by atoms with Crippen molar-refractivity contribution in [1.82, 2.24) is 9.80 Å². The van der Waals surface area contributed by atoms with E-state index in [1.807, 2.05) is 59.5 Å². The number of nitrogens with zero attached hydrogens (tertiary/aromatic N) is 2. The highest BCUT2D eigenvalue weighted by molar-refractivity contribution is 5.98. The lowest BCUT2D eigenvalue weighted by molar-refractivity contribution is -0.141. The zero-order valence-electron chi connectivity index (χ0n) is 17.8. The van der Waals surface area contributed by atoms with E-state index in [1.165, 1.54) is 0 Å². The lowest BCUT2D eigenvalue weighted by Crippen LogP contribution is -2.43. The predicted octanol–water partition coefficient (Wildman–Crippen LogP) is 3.89. The Bertz CT molecular complexity index is 944. The van der Waals surface area contributed by atoms with Gasteiger partial charge in [0.2, 0.25) is 11.8 Å². The van der Waals surface area contributed by atoms with E-state index in [2.05, 4.69) is 5.32 Å². The fourth-order valence-corrected chi connectivity index (χ4v) is 4.42. The summed E-state index contributed by atoms with van der Waals surface area (Å²) in [6.07, 6.45) is 4.86. The molecule has 31 heavy (non-hydrogen) atoms. The molecule has 2 saturated heterocycles. The van der Waals surface area contributed by atoms with Crippen molar-refractivity contribution in [3.63, 3.8) is 0 Å². The van der Waals surface area contributed by atoms with Gasteiger partial charge < -0.3 is 15.1 Å². The maximum atomic E-state index is 13.3. The third-order valence-corrected chi connectivity index (χ3v) is 6.02. The smallest absolute Gasteiger partial charge is 0.251 e. The molecule has 2 aromatic carbocycles. The minimum Gasteiger partial charge on any atom is -0.338 e. The summed E-state index contributed by atoms with van der Waals surface area (Å²) in [6.45, 7) is 1.92. The average Bonchev–Trinajstić information content (AvgIpc) is 2.78. The highest BCUT2D eigenvalue weighted by atomic mass is 16.2. The normalized spacial score (nSPS) is 18.1. The van der Waals surface area contributed by atoms with Gasteiger partial charge in [0.15, 0.2) is 0 Å². The molecule has 2 aliphatic heterocycles. The molecule has 1 atom stereocenters. The molecule has 2 heterocycles. The maximum Gasteiger partial charge on any atom is 0.251 e. The van der Waals surface area contributed by atoms with Gasteiger partial charge in [0.25, 0.3) is 5.91 Å². The molecule has 0 aliphatic carbocycles. The van der Waals surface area contributed by atoms with E-state index in [0.717, 1.165) is 43.4 Å². The second-order valence-electron chi connectivity index (χ2n) is 8.32. The molecule has 2 aliphatic rings. The minimum absolute atomic E-state index is 0.0209. The highest BCUT2D eigenvalue weighted by Gasteiger charge is 2.32. The molecular weight excluding hydrogens is 390 g/mol. The first-order valence-electron chi connectivity index (χ1n) is 11.1. The molecule has 2 fully saturated rings. The lowest BCUT2D eigenvalue weighted by atomic mass is 10.00. The topological polar surface area (TPSA) is 69.7 Å². The predicted molar refractivity (Wildman–Crippen MR) is 119 cm³/mol. The number of amides is 3. The summed E-state index contributed by atoms with van der Waals surface area (Å²) in [5.41, 5.74) is 2.47. The highest BCUT2D eigenvalue weighted by Crippen LogP contribution is 2.27. The number of likely N-dealkylation sites (tertiary alicyclic amines) is 2. The summed E-state index contributed by atoms with van der Waals surface area (Å²) in [5, 5.41) is 3.01. The van der Waals surface area contributed by atoms with Crippen molar-refractivity contribution in [3.05, 3.63) is 65.7 Å². The Labute approximate surface area is 183 Å². The van der Waals surface area contributed by atoms with Crippen LogP contribution in [0.5, 0.6) is 0 Å². The number of rotatable bonds is 6. The van der Waals surface area contributed by atoms with E-state index in [0.29, 0.717) is 31.6 Å². The van der Waals surface area contributed by atoms with Gasteiger partial charge in [0.1, 0.15) is 6.04 Å². The molecule has 6 nitrogen and oxygen atoms in total. The van der Waals surface area contributed by atoms with Crippen molar-refractivity contribution >= 4 is 23.4 Å². The van der Waals surface area contributed by atoms with Crippen LogP contribution in [0.1, 0.15) is 55.7 Å². The Balaban J connectivity index is 1.52. The molecule has 2 aromatic rings. The van der Waals surface area contributed by atoms with E-state index in [-0.39, 0.29) is 17.7 Å². The zero-order valence-corrected chi connectivity index (χ0v) is 17.8. The summed E-state index contributed by atoms with van der Waals surface area (Å²) in [4.78, 5) is 41.6. The van der Waals surface area contributed by atoms with Gasteiger partial charge in [-0.1, -0.05) is 42.5 Å². The Morgan fingerprint density at radius 1 is 0.871 bits per heavy atom. The Hall–Kier alpha value is -3.15. The van der Waals surface area contributed by atoms with Crippen molar-refractivity contribution in [2.75, 3.05) is 18.4 Å². The first kappa shape index (κ1) is 21.1. The number of carbonyl (C=O) groups is 3. The van der Waals surface area contributed by atoms with Crippen LogP contribution >= 0.6 is 0 Å². The number of anilines is 1. The van der Waals surface area contributed by atoms with Gasteiger partial charge >= 0.3 is 0 Å². The van der Waals surface area contributed by atoms with Gasteiger partial charge in [-0.2, -0.15) is 0 Å². The van der Waals surface area contributed by atoms with Crippen molar-refractivity contribution in [1.29, 1.82) is 0 Å². The Kier molecular flexibility index (Phi) is 6.65. The largest absolute Gasteiger partial charge is 0.338 e. The van der Waals surface area contributed by atoms with Crippen molar-refractivity contribution in [2.45, 2.75) is 51.1 Å². The maximum absolute atomic E-state index is 13.3. The quantitative estimate of drug-likeness (QED) is 0.772. The zero-order chi connectivity index (χ0) is 21.6. The number of piperidine rings is 2. The first-order chi connectivity index (χ1) is 15.1. The van der Waals surface area contributed by atoms with E-state index < -0.39 is 6.04 Å². The van der Waals surface area contributed by atoms with Gasteiger partial charge in [-0.15, -0.1) is 0 Å². The molecular formula is C25H29N3O3. The molecule has 1 N–H and O–H groups in total. The number of hydrogen-bond donors (Lipinski definition) is 1. The first-order valence-corrected chi connectivity index (χ1v) is 11.1. The molecule has 0 bridgehead atoms. The summed E-state index contributed by atoms with van der Waals surface area (Å²) in [6, 6.07) is 16.4. The van der Waals surface area contributed by atoms with Crippen molar-refractivity contribution < 1.29 is 14.4 Å². The SMILES string of the molecule is O=C(Nc1cccc(CN2CCCCC2=O)c1)C(c1ccccc1)N1CCCCC1=O. The minimum atomic E-state index is -0.652. The number of hydrogen-bond acceptors (Lipinski definition) is 3. The van der Waals surface area contributed by atoms with Gasteiger partial charge in [-0.3, -0.25) is 14.4 Å². The Morgan fingerprint density at radius 3 is 2.35 bits per heavy atom. The molecule has 0 saturated carbocycles. The summed E-state index contributed by atoms with van der Waals surface area (Å²) < 4.78 is 0. The number of nitrogens with one attached hydrogen (secondary N) is 1. The van der Waals surface area contributed by atoms with Crippen LogP contribution in [-0.2, 0) is 20.9 Å². The van der Waals surface area contributed by atoms with E-state index in [4.69, 9.17) is 0 Å². The molecule has 4 rings (SSSR count). The molecule has 0 spiro atoms. The molecule has 162 valence electrons. The Morgan fingerprint density at radius 2 is 1.61 bits per heavy atom. The van der Waals surface area contributed by atoms with E-state index >= 15 is 0 Å². The van der Waals surface area contributed by atoms with Crippen LogP contribution in [0.3, 0.4) is 0 Å². The molecule has 0 radical (unpaired) electrons. The van der Waals surface area contributed by atoms with Crippen LogP contribution in [0, 0.1) is 0 Å². The summed E-state index contributed by atoms with van der Waals surface area (Å²) in [5.74, 6) is -0.00583. The average molecular weight is 420 g/mol. The van der Waals surface area contributed by atoms with Gasteiger partial charge in [0.05, 0.1) is 0 Å². The standard InChI is InChI=1S/C25H29N3O3/c29-22-13-4-6-15-27(22)18-19-9-8-12-21(17-19)26-25(31)24(20-10-2-1-3-11-20)28-16-7-5-14-23(28)30/h1-3,8-12,17,24H,4-7,13-16,18H2,(H,26,31). The number of benzene rings is 2. The van der Waals surface area contributed by atoms with Crippen molar-refractivity contribution in [3.8, 4) is 0 Å². The van der Waals surface area contributed by atoms with Crippen molar-refractivity contribution in [2.24, 2.45) is 0 Å². The molecule has 3 amide bonds. The van der Waals surface area contributed by atoms with Crippen LogP contribution in [0.4, 0.5) is 5.69 Å². The molecule has 0 aromatic heterocycles. The lowest BCUT2D eigenvalue weighted by Gasteiger charge is -2.34. The second kappa shape index (κ2) is 9.77. The van der Waals surface area contributed by atoms with Gasteiger partial charge in [-0.05, 0) is 48.9 Å². The fraction of sp³-hybridized carbons (Fsp3) is 0.400. The molecule has 6 heteroatoms. The molecule has 1 unspecified atom stereocenters. The van der Waals surface area contributed by atoms with E-state index in [1.54, 1.807) is 4.90 Å². The second-order valence-corrected chi connectivity index (χ2v) is 8.32. The van der Waals surface area contributed by atoms with Crippen LogP contribution in [-0.4, -0.2) is 40.6 Å². The fourth-order valence-electron chi connectivity index (χ4n) is 4.42. The van der Waals surface area contributed by atoms with Gasteiger partial charge in [0, 0.05) is 38.2 Å². The van der Waals surface area contributed by atoms with Crippen LogP contribution < -0.4 is 5.32 Å². The van der Waals surface area contributed by atoms with Crippen LogP contribution in [0.15, 0.2) is 54.6 Å². The number of carbonyl (C=O) groups excluding carboxylic acids is 3. The van der Waals surface area contributed by atoms with E-state index in [9.17, 15) is 14.4 Å². The monoisotopic (exact) mass is 419 g/mol. The third kappa shape index (κ3) is 5.13.